The number of carbonyl (C=O) groups excluding carboxylic acids is 1. The minimum atomic E-state index is -0.906. The van der Waals surface area contributed by atoms with Crippen molar-refractivity contribution in [2.24, 2.45) is 0 Å². The minimum absolute atomic E-state index is 0.0674. The fourth-order valence-corrected chi connectivity index (χ4v) is 2.79. The molecule has 0 fully saturated rings. The molecule has 2 aromatic rings. The molecule has 2 rings (SSSR count). The van der Waals surface area contributed by atoms with Gasteiger partial charge in [0.05, 0.1) is 5.92 Å². The summed E-state index contributed by atoms with van der Waals surface area (Å²) in [5.41, 5.74) is 2.85. The van der Waals surface area contributed by atoms with Gasteiger partial charge in [-0.2, -0.15) is 0 Å². The van der Waals surface area contributed by atoms with Gasteiger partial charge >= 0.3 is 5.97 Å². The van der Waals surface area contributed by atoms with Crippen molar-refractivity contribution >= 4 is 22.8 Å². The second-order valence-electron chi connectivity index (χ2n) is 4.68. The molecule has 3 nitrogen and oxygen atoms in total. The van der Waals surface area contributed by atoms with Gasteiger partial charge in [0, 0.05) is 12.7 Å². The number of carboxylic acids is 1. The summed E-state index contributed by atoms with van der Waals surface area (Å²) >= 11 is 1.04. The van der Waals surface area contributed by atoms with E-state index in [2.05, 4.69) is 0 Å². The van der Waals surface area contributed by atoms with Crippen LogP contribution >= 0.6 is 11.8 Å². The highest BCUT2D eigenvalue weighted by Gasteiger charge is 2.20. The number of carbonyl (C=O) groups is 2. The van der Waals surface area contributed by atoms with Crippen LogP contribution in [0.1, 0.15) is 18.4 Å². The number of aliphatic carboxylic acids is 1. The molecule has 21 heavy (non-hydrogen) atoms. The van der Waals surface area contributed by atoms with Crippen molar-refractivity contribution < 1.29 is 14.7 Å². The van der Waals surface area contributed by atoms with Gasteiger partial charge in [-0.05, 0) is 16.7 Å². The van der Waals surface area contributed by atoms with E-state index < -0.39 is 11.9 Å². The molecule has 1 N–H and O–H groups in total. The molecule has 0 bridgehead atoms. The monoisotopic (exact) mass is 300 g/mol. The van der Waals surface area contributed by atoms with Crippen molar-refractivity contribution in [3.63, 3.8) is 0 Å². The SMILES string of the molecule is CC(=O)SC[C@@H](C(=O)O)c1ccc(-c2ccccc2)cc1. The summed E-state index contributed by atoms with van der Waals surface area (Å²) in [6.07, 6.45) is 0. The Morgan fingerprint density at radius 2 is 1.57 bits per heavy atom. The number of hydrogen-bond acceptors (Lipinski definition) is 3. The van der Waals surface area contributed by atoms with Crippen LogP contribution in [0.25, 0.3) is 11.1 Å². The van der Waals surface area contributed by atoms with Gasteiger partial charge in [0.2, 0.25) is 0 Å². The molecule has 0 saturated heterocycles. The number of thioether (sulfide) groups is 1. The van der Waals surface area contributed by atoms with Gasteiger partial charge in [-0.3, -0.25) is 9.59 Å². The highest BCUT2D eigenvalue weighted by Crippen LogP contribution is 2.25. The molecule has 108 valence electrons. The molecule has 2 aromatic carbocycles. The Bertz CT molecular complexity index is 620. The normalized spacial score (nSPS) is 11.9. The van der Waals surface area contributed by atoms with E-state index in [1.165, 1.54) is 6.92 Å². The second kappa shape index (κ2) is 7.09. The van der Waals surface area contributed by atoms with Crippen LogP contribution in [0.3, 0.4) is 0 Å². The van der Waals surface area contributed by atoms with E-state index in [9.17, 15) is 14.7 Å². The van der Waals surface area contributed by atoms with E-state index in [-0.39, 0.29) is 10.9 Å². The third-order valence-electron chi connectivity index (χ3n) is 3.17. The van der Waals surface area contributed by atoms with E-state index in [1.807, 2.05) is 54.6 Å². The summed E-state index contributed by atoms with van der Waals surface area (Å²) in [5, 5.41) is 9.23. The molecule has 0 aliphatic carbocycles. The van der Waals surface area contributed by atoms with Crippen molar-refractivity contribution in [1.29, 1.82) is 0 Å². The van der Waals surface area contributed by atoms with E-state index in [0.29, 0.717) is 0 Å². The lowest BCUT2D eigenvalue weighted by molar-refractivity contribution is -0.138. The Balaban J connectivity index is 2.19. The molecule has 0 aromatic heterocycles. The third-order valence-corrected chi connectivity index (χ3v) is 4.08. The van der Waals surface area contributed by atoms with Crippen molar-refractivity contribution in [2.45, 2.75) is 12.8 Å². The Hall–Kier alpha value is -2.07. The summed E-state index contributed by atoms with van der Waals surface area (Å²) in [6.45, 7) is 1.45. The molecule has 4 heteroatoms. The van der Waals surface area contributed by atoms with Crippen LogP contribution in [0.5, 0.6) is 0 Å². The lowest BCUT2D eigenvalue weighted by Crippen LogP contribution is -2.14. The zero-order chi connectivity index (χ0) is 15.2. The van der Waals surface area contributed by atoms with E-state index in [0.717, 1.165) is 28.5 Å². The van der Waals surface area contributed by atoms with Crippen LogP contribution in [-0.2, 0) is 9.59 Å². The van der Waals surface area contributed by atoms with Gasteiger partial charge in [-0.1, -0.05) is 66.4 Å². The summed E-state index contributed by atoms with van der Waals surface area (Å²) in [5.74, 6) is -1.31. The molecule has 0 aliphatic rings. The van der Waals surface area contributed by atoms with Crippen molar-refractivity contribution in [3.05, 3.63) is 60.2 Å². The summed E-state index contributed by atoms with van der Waals surface area (Å²) in [4.78, 5) is 22.4. The molecular formula is C17H16O3S. The standard InChI is InChI=1S/C17H16O3S/c1-12(18)21-11-16(17(19)20)15-9-7-14(8-10-15)13-5-3-2-4-6-13/h2-10,16H,11H2,1H3,(H,19,20)/t16-/m1/s1. The fourth-order valence-electron chi connectivity index (χ4n) is 2.05. The van der Waals surface area contributed by atoms with Gasteiger partial charge in [-0.15, -0.1) is 0 Å². The average molecular weight is 300 g/mol. The highest BCUT2D eigenvalue weighted by atomic mass is 32.2. The first-order chi connectivity index (χ1) is 10.1. The Morgan fingerprint density at radius 3 is 2.10 bits per heavy atom. The zero-order valence-electron chi connectivity index (χ0n) is 11.7. The maximum absolute atomic E-state index is 11.3. The van der Waals surface area contributed by atoms with Crippen molar-refractivity contribution in [1.82, 2.24) is 0 Å². The maximum atomic E-state index is 11.3. The molecule has 0 unspecified atom stereocenters. The van der Waals surface area contributed by atoms with Crippen LogP contribution < -0.4 is 0 Å². The number of carboxylic acid groups (broad SMARTS) is 1. The molecule has 0 heterocycles. The first-order valence-corrected chi connectivity index (χ1v) is 7.58. The van der Waals surface area contributed by atoms with Crippen LogP contribution in [0, 0.1) is 0 Å². The molecule has 1 atom stereocenters. The van der Waals surface area contributed by atoms with E-state index in [4.69, 9.17) is 0 Å². The summed E-state index contributed by atoms with van der Waals surface area (Å²) < 4.78 is 0. The summed E-state index contributed by atoms with van der Waals surface area (Å²) in [6, 6.07) is 17.4. The van der Waals surface area contributed by atoms with Gasteiger partial charge in [0.15, 0.2) is 5.12 Å². The number of benzene rings is 2. The van der Waals surface area contributed by atoms with E-state index >= 15 is 0 Å². The molecule has 0 aliphatic heterocycles. The van der Waals surface area contributed by atoms with Gasteiger partial charge in [-0.25, -0.2) is 0 Å². The van der Waals surface area contributed by atoms with Crippen LogP contribution in [-0.4, -0.2) is 21.9 Å². The Labute approximate surface area is 128 Å². The van der Waals surface area contributed by atoms with Crippen LogP contribution in [0.4, 0.5) is 0 Å². The molecule has 0 amide bonds. The molecule has 0 saturated carbocycles. The van der Waals surface area contributed by atoms with Crippen LogP contribution in [0.15, 0.2) is 54.6 Å². The van der Waals surface area contributed by atoms with Crippen molar-refractivity contribution in [3.8, 4) is 11.1 Å². The highest BCUT2D eigenvalue weighted by molar-refractivity contribution is 8.13. The number of rotatable bonds is 5. The maximum Gasteiger partial charge on any atom is 0.311 e. The fraction of sp³-hybridized carbons (Fsp3) is 0.176. The first-order valence-electron chi connectivity index (χ1n) is 6.59. The predicted octanol–water partition coefficient (Wildman–Crippen LogP) is 3.80. The lowest BCUT2D eigenvalue weighted by atomic mass is 9.97. The van der Waals surface area contributed by atoms with Gasteiger partial charge in [0.1, 0.15) is 0 Å². The predicted molar refractivity (Wildman–Crippen MR) is 85.4 cm³/mol. The smallest absolute Gasteiger partial charge is 0.311 e. The topological polar surface area (TPSA) is 54.4 Å². The summed E-state index contributed by atoms with van der Waals surface area (Å²) in [7, 11) is 0. The first kappa shape index (κ1) is 15.3. The number of hydrogen-bond donors (Lipinski definition) is 1. The zero-order valence-corrected chi connectivity index (χ0v) is 12.5. The lowest BCUT2D eigenvalue weighted by Gasteiger charge is -2.12. The van der Waals surface area contributed by atoms with Gasteiger partial charge < -0.3 is 5.11 Å². The van der Waals surface area contributed by atoms with E-state index in [1.54, 1.807) is 0 Å². The quantitative estimate of drug-likeness (QED) is 0.912. The van der Waals surface area contributed by atoms with Gasteiger partial charge in [0.25, 0.3) is 0 Å². The second-order valence-corrected chi connectivity index (χ2v) is 5.88. The largest absolute Gasteiger partial charge is 0.481 e. The average Bonchev–Trinajstić information content (AvgIpc) is 2.48. The molecule has 0 radical (unpaired) electrons. The molecular weight excluding hydrogens is 284 g/mol. The molecule has 0 spiro atoms. The minimum Gasteiger partial charge on any atom is -0.481 e. The Morgan fingerprint density at radius 1 is 1.00 bits per heavy atom. The van der Waals surface area contributed by atoms with Crippen molar-refractivity contribution in [2.75, 3.05) is 5.75 Å². The Kier molecular flexibility index (Phi) is 5.17. The third kappa shape index (κ3) is 4.20. The van der Waals surface area contributed by atoms with Crippen LogP contribution in [0.2, 0.25) is 0 Å².